The molecule has 0 fully saturated rings. The smallest absolute Gasteiger partial charge is 0.142 e. The molecule has 2 aromatic carbocycles. The number of benzene rings is 2. The molecule has 2 rings (SSSR count). The van der Waals surface area contributed by atoms with Crippen molar-refractivity contribution in [3.05, 3.63) is 69.2 Å². The van der Waals surface area contributed by atoms with Crippen LogP contribution in [0.1, 0.15) is 24.1 Å². The van der Waals surface area contributed by atoms with E-state index in [1.54, 1.807) is 12.1 Å². The Labute approximate surface area is 132 Å². The summed E-state index contributed by atoms with van der Waals surface area (Å²) in [5.74, 6) is -0.805. The van der Waals surface area contributed by atoms with Crippen LogP contribution < -0.4 is 5.32 Å². The zero-order valence-corrected chi connectivity index (χ0v) is 13.0. The Morgan fingerprint density at radius 3 is 2.48 bits per heavy atom. The molecule has 0 aliphatic carbocycles. The van der Waals surface area contributed by atoms with Gasteiger partial charge in [-0.2, -0.15) is 0 Å². The first-order valence-electron chi connectivity index (χ1n) is 6.63. The summed E-state index contributed by atoms with van der Waals surface area (Å²) < 4.78 is 27.5. The lowest BCUT2D eigenvalue weighted by molar-refractivity contribution is 0.523. The van der Waals surface area contributed by atoms with Crippen LogP contribution in [0.2, 0.25) is 10.0 Å². The van der Waals surface area contributed by atoms with E-state index in [0.29, 0.717) is 23.6 Å². The summed E-state index contributed by atoms with van der Waals surface area (Å²) in [5, 5.41) is 3.77. The molecular weight excluding hydrogens is 315 g/mol. The third-order valence-electron chi connectivity index (χ3n) is 3.23. The van der Waals surface area contributed by atoms with E-state index in [2.05, 4.69) is 5.32 Å². The molecule has 112 valence electrons. The van der Waals surface area contributed by atoms with Crippen molar-refractivity contribution < 1.29 is 8.78 Å². The third kappa shape index (κ3) is 4.16. The highest BCUT2D eigenvalue weighted by Gasteiger charge is 2.15. The van der Waals surface area contributed by atoms with Crippen molar-refractivity contribution in [1.82, 2.24) is 5.32 Å². The number of rotatable bonds is 5. The summed E-state index contributed by atoms with van der Waals surface area (Å²) >= 11 is 11.6. The molecule has 1 nitrogen and oxygen atoms in total. The van der Waals surface area contributed by atoms with Crippen LogP contribution in [0.25, 0.3) is 0 Å². The molecule has 0 spiro atoms. The molecule has 0 bridgehead atoms. The number of likely N-dealkylation sites (N-methyl/N-ethyl adjacent to an activating group) is 1. The van der Waals surface area contributed by atoms with E-state index < -0.39 is 5.82 Å². The van der Waals surface area contributed by atoms with Crippen LogP contribution in [0.5, 0.6) is 0 Å². The maximum absolute atomic E-state index is 13.8. The van der Waals surface area contributed by atoms with E-state index in [0.717, 1.165) is 5.56 Å². The summed E-state index contributed by atoms with van der Waals surface area (Å²) in [6.45, 7) is 2.62. The standard InChI is InChI=1S/C16H15Cl2F2N/c1-2-21-16(10-3-5-13(18)15(20)8-10)9-11-7-12(17)4-6-14(11)19/h3-8,16,21H,2,9H2,1H3. The molecule has 1 atom stereocenters. The quantitative estimate of drug-likeness (QED) is 0.798. The first-order chi connectivity index (χ1) is 10.0. The molecular formula is C16H15Cl2F2N. The molecule has 21 heavy (non-hydrogen) atoms. The Morgan fingerprint density at radius 1 is 1.05 bits per heavy atom. The number of nitrogens with one attached hydrogen (secondary N) is 1. The van der Waals surface area contributed by atoms with Crippen LogP contribution in [-0.4, -0.2) is 6.54 Å². The minimum atomic E-state index is -0.483. The zero-order chi connectivity index (χ0) is 15.4. The van der Waals surface area contributed by atoms with Gasteiger partial charge in [-0.3, -0.25) is 0 Å². The van der Waals surface area contributed by atoms with E-state index in [9.17, 15) is 8.78 Å². The molecule has 0 aromatic heterocycles. The Bertz CT molecular complexity index is 632. The maximum Gasteiger partial charge on any atom is 0.142 e. The number of hydrogen-bond donors (Lipinski definition) is 1. The molecule has 0 saturated carbocycles. The lowest BCUT2D eigenvalue weighted by Gasteiger charge is -2.19. The molecule has 2 aromatic rings. The average molecular weight is 330 g/mol. The summed E-state index contributed by atoms with van der Waals surface area (Å²) in [4.78, 5) is 0. The second kappa shape index (κ2) is 7.21. The maximum atomic E-state index is 13.8. The lowest BCUT2D eigenvalue weighted by atomic mass is 9.98. The van der Waals surface area contributed by atoms with E-state index in [4.69, 9.17) is 23.2 Å². The van der Waals surface area contributed by atoms with Crippen molar-refractivity contribution in [2.75, 3.05) is 6.54 Å². The minimum Gasteiger partial charge on any atom is -0.310 e. The Balaban J connectivity index is 2.30. The normalized spacial score (nSPS) is 12.4. The molecule has 0 amide bonds. The van der Waals surface area contributed by atoms with Crippen molar-refractivity contribution >= 4 is 23.2 Å². The first kappa shape index (κ1) is 16.2. The first-order valence-corrected chi connectivity index (χ1v) is 7.39. The van der Waals surface area contributed by atoms with Crippen LogP contribution in [0, 0.1) is 11.6 Å². The Kier molecular flexibility index (Phi) is 5.57. The Hall–Kier alpha value is -1.16. The molecule has 0 saturated heterocycles. The van der Waals surface area contributed by atoms with Crippen LogP contribution in [0.15, 0.2) is 36.4 Å². The summed E-state index contributed by atoms with van der Waals surface area (Å²) in [5.41, 5.74) is 1.21. The summed E-state index contributed by atoms with van der Waals surface area (Å²) in [7, 11) is 0. The lowest BCUT2D eigenvalue weighted by Crippen LogP contribution is -2.23. The Morgan fingerprint density at radius 2 is 1.81 bits per heavy atom. The van der Waals surface area contributed by atoms with Crippen LogP contribution in [0.3, 0.4) is 0 Å². The number of hydrogen-bond acceptors (Lipinski definition) is 1. The second-order valence-electron chi connectivity index (χ2n) is 4.72. The van der Waals surface area contributed by atoms with Gasteiger partial charge in [-0.1, -0.05) is 36.2 Å². The predicted molar refractivity (Wildman–Crippen MR) is 82.9 cm³/mol. The molecule has 0 radical (unpaired) electrons. The fourth-order valence-electron chi connectivity index (χ4n) is 2.20. The van der Waals surface area contributed by atoms with Gasteiger partial charge in [-0.15, -0.1) is 0 Å². The monoisotopic (exact) mass is 329 g/mol. The molecule has 0 heterocycles. The average Bonchev–Trinajstić information content (AvgIpc) is 2.45. The highest BCUT2D eigenvalue weighted by molar-refractivity contribution is 6.31. The summed E-state index contributed by atoms with van der Waals surface area (Å²) in [6.07, 6.45) is 0.376. The van der Waals surface area contributed by atoms with Crippen molar-refractivity contribution in [3.8, 4) is 0 Å². The van der Waals surface area contributed by atoms with Gasteiger partial charge in [-0.05, 0) is 54.4 Å². The molecule has 5 heteroatoms. The second-order valence-corrected chi connectivity index (χ2v) is 5.57. The van der Waals surface area contributed by atoms with Crippen molar-refractivity contribution in [3.63, 3.8) is 0 Å². The van der Waals surface area contributed by atoms with Gasteiger partial charge in [0, 0.05) is 11.1 Å². The SMILES string of the molecule is CCNC(Cc1cc(Cl)ccc1F)c1ccc(Cl)c(F)c1. The van der Waals surface area contributed by atoms with E-state index in [1.807, 2.05) is 6.92 Å². The molecule has 0 aliphatic rings. The van der Waals surface area contributed by atoms with Gasteiger partial charge < -0.3 is 5.32 Å². The molecule has 0 aliphatic heterocycles. The van der Waals surface area contributed by atoms with Crippen LogP contribution in [0.4, 0.5) is 8.78 Å². The van der Waals surface area contributed by atoms with Gasteiger partial charge in [0.15, 0.2) is 0 Å². The summed E-state index contributed by atoms with van der Waals surface area (Å²) in [6, 6.07) is 8.83. The van der Waals surface area contributed by atoms with Gasteiger partial charge in [-0.25, -0.2) is 8.78 Å². The van der Waals surface area contributed by atoms with Crippen molar-refractivity contribution in [2.24, 2.45) is 0 Å². The van der Waals surface area contributed by atoms with Gasteiger partial charge in [0.1, 0.15) is 11.6 Å². The number of halogens is 4. The van der Waals surface area contributed by atoms with E-state index >= 15 is 0 Å². The minimum absolute atomic E-state index is 0.0722. The zero-order valence-electron chi connectivity index (χ0n) is 11.5. The van der Waals surface area contributed by atoms with Gasteiger partial charge >= 0.3 is 0 Å². The van der Waals surface area contributed by atoms with Crippen molar-refractivity contribution in [2.45, 2.75) is 19.4 Å². The molecule has 1 N–H and O–H groups in total. The largest absolute Gasteiger partial charge is 0.310 e. The highest BCUT2D eigenvalue weighted by atomic mass is 35.5. The fourth-order valence-corrected chi connectivity index (χ4v) is 2.52. The highest BCUT2D eigenvalue weighted by Crippen LogP contribution is 2.25. The van der Waals surface area contributed by atoms with E-state index in [1.165, 1.54) is 24.3 Å². The van der Waals surface area contributed by atoms with Crippen molar-refractivity contribution in [1.29, 1.82) is 0 Å². The fraction of sp³-hybridized carbons (Fsp3) is 0.250. The predicted octanol–water partition coefficient (Wildman–Crippen LogP) is 5.16. The van der Waals surface area contributed by atoms with E-state index in [-0.39, 0.29) is 16.9 Å². The van der Waals surface area contributed by atoms with Crippen LogP contribution >= 0.6 is 23.2 Å². The van der Waals surface area contributed by atoms with Gasteiger partial charge in [0.25, 0.3) is 0 Å². The van der Waals surface area contributed by atoms with Crippen LogP contribution in [-0.2, 0) is 6.42 Å². The molecule has 1 unspecified atom stereocenters. The third-order valence-corrected chi connectivity index (χ3v) is 3.77. The topological polar surface area (TPSA) is 12.0 Å². The van der Waals surface area contributed by atoms with Gasteiger partial charge in [0.05, 0.1) is 5.02 Å². The van der Waals surface area contributed by atoms with Gasteiger partial charge in [0.2, 0.25) is 0 Å².